The summed E-state index contributed by atoms with van der Waals surface area (Å²) in [6.45, 7) is 3.35. The highest BCUT2D eigenvalue weighted by Gasteiger charge is 2.28. The van der Waals surface area contributed by atoms with Crippen molar-refractivity contribution in [2.75, 3.05) is 12.9 Å². The van der Waals surface area contributed by atoms with E-state index in [1.54, 1.807) is 13.8 Å². The molecule has 0 aliphatic carbocycles. The number of alkyl halides is 1. The van der Waals surface area contributed by atoms with Crippen molar-refractivity contribution < 1.29 is 10.0 Å². The van der Waals surface area contributed by atoms with E-state index in [2.05, 4.69) is 0 Å². The highest BCUT2D eigenvalue weighted by Crippen LogP contribution is 2.18. The molecule has 0 aliphatic rings. The minimum absolute atomic E-state index is 0.205. The van der Waals surface area contributed by atoms with Gasteiger partial charge in [-0.3, -0.25) is 10.0 Å². The highest BCUT2D eigenvalue weighted by molar-refractivity contribution is 6.19. The lowest BCUT2D eigenvalue weighted by molar-refractivity contribution is -0.168. The van der Waals surface area contributed by atoms with Crippen molar-refractivity contribution in [2.24, 2.45) is 5.41 Å². The molecule has 0 bridgehead atoms. The van der Waals surface area contributed by atoms with Gasteiger partial charge < -0.3 is 0 Å². The third-order valence-electron chi connectivity index (χ3n) is 1.21. The first-order valence-electron chi connectivity index (χ1n) is 2.95. The van der Waals surface area contributed by atoms with Crippen molar-refractivity contribution in [3.8, 4) is 0 Å². The van der Waals surface area contributed by atoms with Crippen molar-refractivity contribution in [3.05, 3.63) is 0 Å². The number of nitrogens with zero attached hydrogens (tertiary/aromatic N) is 1. The fraction of sp³-hybridized carbons (Fsp3) is 0.833. The smallest absolute Gasteiger partial charge is 0.252 e. The van der Waals surface area contributed by atoms with Crippen LogP contribution in [0.4, 0.5) is 0 Å². The molecule has 1 amide bonds. The molecule has 0 saturated carbocycles. The molecule has 0 aromatic rings. The Balaban J connectivity index is 4.19. The van der Waals surface area contributed by atoms with Crippen LogP contribution in [0.2, 0.25) is 0 Å². The summed E-state index contributed by atoms with van der Waals surface area (Å²) < 4.78 is 0. The minimum atomic E-state index is -0.676. The van der Waals surface area contributed by atoms with Gasteiger partial charge in [0.1, 0.15) is 0 Å². The van der Waals surface area contributed by atoms with Crippen LogP contribution in [-0.2, 0) is 4.79 Å². The third kappa shape index (κ3) is 2.15. The Morgan fingerprint density at radius 1 is 1.70 bits per heavy atom. The molecule has 10 heavy (non-hydrogen) atoms. The zero-order valence-electron chi connectivity index (χ0n) is 6.39. The summed E-state index contributed by atoms with van der Waals surface area (Å²) in [6, 6.07) is 0. The van der Waals surface area contributed by atoms with E-state index in [0.717, 1.165) is 0 Å². The van der Waals surface area contributed by atoms with Crippen molar-refractivity contribution >= 4 is 17.5 Å². The topological polar surface area (TPSA) is 40.5 Å². The van der Waals surface area contributed by atoms with Gasteiger partial charge in [0.25, 0.3) is 5.91 Å². The van der Waals surface area contributed by atoms with E-state index in [9.17, 15) is 4.79 Å². The second-order valence-electron chi connectivity index (χ2n) is 2.85. The normalized spacial score (nSPS) is 11.3. The van der Waals surface area contributed by atoms with Crippen LogP contribution < -0.4 is 0 Å². The van der Waals surface area contributed by atoms with Gasteiger partial charge in [0.15, 0.2) is 0 Å². The number of carbonyl (C=O) groups is 1. The molecule has 0 rings (SSSR count). The summed E-state index contributed by atoms with van der Waals surface area (Å²) >= 11 is 5.47. The van der Waals surface area contributed by atoms with Gasteiger partial charge in [-0.25, -0.2) is 5.06 Å². The average Bonchev–Trinajstić information content (AvgIpc) is 1.86. The van der Waals surface area contributed by atoms with Gasteiger partial charge >= 0.3 is 0 Å². The number of hydrogen-bond donors (Lipinski definition) is 1. The lowest BCUT2D eigenvalue weighted by Gasteiger charge is -2.22. The number of carbonyl (C=O) groups excluding carboxylic acids is 1. The molecule has 0 radical (unpaired) electrons. The van der Waals surface area contributed by atoms with Gasteiger partial charge in [-0.2, -0.15) is 0 Å². The van der Waals surface area contributed by atoms with Crippen molar-refractivity contribution in [2.45, 2.75) is 13.8 Å². The van der Waals surface area contributed by atoms with Gasteiger partial charge in [-0.15, -0.1) is 11.6 Å². The van der Waals surface area contributed by atoms with Crippen LogP contribution in [0.15, 0.2) is 0 Å². The van der Waals surface area contributed by atoms with E-state index in [4.69, 9.17) is 16.8 Å². The summed E-state index contributed by atoms with van der Waals surface area (Å²) in [7, 11) is 1.29. The minimum Gasteiger partial charge on any atom is -0.286 e. The SMILES string of the molecule is CN(O)C(=O)C(C)(C)CCl. The molecule has 3 nitrogen and oxygen atoms in total. The summed E-state index contributed by atoms with van der Waals surface area (Å²) in [5.74, 6) is -0.168. The second-order valence-corrected chi connectivity index (χ2v) is 3.11. The Morgan fingerprint density at radius 3 is 2.20 bits per heavy atom. The fourth-order valence-electron chi connectivity index (χ4n) is 0.495. The summed E-state index contributed by atoms with van der Waals surface area (Å²) in [5.41, 5.74) is -0.676. The first-order chi connectivity index (χ1) is 4.41. The molecule has 0 saturated heterocycles. The molecule has 0 fully saturated rings. The Hall–Kier alpha value is -0.280. The molecular weight excluding hydrogens is 154 g/mol. The van der Waals surface area contributed by atoms with Crippen LogP contribution in [0, 0.1) is 5.41 Å². The van der Waals surface area contributed by atoms with Gasteiger partial charge in [0, 0.05) is 12.9 Å². The predicted octanol–water partition coefficient (Wildman–Crippen LogP) is 1.10. The lowest BCUT2D eigenvalue weighted by Crippen LogP contribution is -2.37. The number of hydrogen-bond acceptors (Lipinski definition) is 2. The van der Waals surface area contributed by atoms with E-state index in [-0.39, 0.29) is 11.8 Å². The van der Waals surface area contributed by atoms with Crippen LogP contribution in [0.3, 0.4) is 0 Å². The molecule has 0 aromatic heterocycles. The highest BCUT2D eigenvalue weighted by atomic mass is 35.5. The standard InChI is InChI=1S/C6H12ClNO2/c1-6(2,4-7)5(9)8(3)10/h10H,4H2,1-3H3. The number of amides is 1. The molecular formula is C6H12ClNO2. The van der Waals surface area contributed by atoms with E-state index in [0.29, 0.717) is 5.06 Å². The van der Waals surface area contributed by atoms with Crippen LogP contribution in [-0.4, -0.2) is 29.1 Å². The molecule has 60 valence electrons. The summed E-state index contributed by atoms with van der Waals surface area (Å²) in [5, 5.41) is 9.27. The largest absolute Gasteiger partial charge is 0.286 e. The van der Waals surface area contributed by atoms with Crippen molar-refractivity contribution in [1.29, 1.82) is 0 Å². The van der Waals surface area contributed by atoms with Gasteiger partial charge in [0.05, 0.1) is 5.41 Å². The Morgan fingerprint density at radius 2 is 2.10 bits per heavy atom. The van der Waals surface area contributed by atoms with E-state index in [1.165, 1.54) is 7.05 Å². The quantitative estimate of drug-likeness (QED) is 0.378. The maximum atomic E-state index is 11.0. The van der Waals surface area contributed by atoms with E-state index < -0.39 is 5.41 Å². The first kappa shape index (κ1) is 9.72. The van der Waals surface area contributed by atoms with E-state index in [1.807, 2.05) is 0 Å². The van der Waals surface area contributed by atoms with Crippen molar-refractivity contribution in [3.63, 3.8) is 0 Å². The summed E-state index contributed by atoms with van der Waals surface area (Å²) in [4.78, 5) is 11.0. The van der Waals surface area contributed by atoms with Crippen LogP contribution in [0.5, 0.6) is 0 Å². The van der Waals surface area contributed by atoms with Crippen molar-refractivity contribution in [1.82, 2.24) is 5.06 Å². The number of halogens is 1. The monoisotopic (exact) mass is 165 g/mol. The molecule has 0 aromatic carbocycles. The Kier molecular flexibility index (Phi) is 3.12. The molecule has 0 spiro atoms. The maximum Gasteiger partial charge on any atom is 0.252 e. The molecule has 0 aliphatic heterocycles. The molecule has 4 heteroatoms. The Bertz CT molecular complexity index is 134. The van der Waals surface area contributed by atoms with Crippen LogP contribution in [0.25, 0.3) is 0 Å². The van der Waals surface area contributed by atoms with Gasteiger partial charge in [-0.1, -0.05) is 0 Å². The van der Waals surface area contributed by atoms with Gasteiger partial charge in [-0.05, 0) is 13.8 Å². The Labute approximate surface area is 65.5 Å². The summed E-state index contributed by atoms with van der Waals surface area (Å²) in [6.07, 6.45) is 0. The van der Waals surface area contributed by atoms with Gasteiger partial charge in [0.2, 0.25) is 0 Å². The average molecular weight is 166 g/mol. The number of hydroxylamine groups is 2. The van der Waals surface area contributed by atoms with Crippen LogP contribution >= 0.6 is 11.6 Å². The molecule has 0 heterocycles. The molecule has 0 atom stereocenters. The lowest BCUT2D eigenvalue weighted by atomic mass is 9.95. The number of rotatable bonds is 2. The first-order valence-corrected chi connectivity index (χ1v) is 3.48. The molecule has 1 N–H and O–H groups in total. The zero-order valence-corrected chi connectivity index (χ0v) is 7.14. The van der Waals surface area contributed by atoms with Crippen LogP contribution in [0.1, 0.15) is 13.8 Å². The maximum absolute atomic E-state index is 11.0. The molecule has 0 unspecified atom stereocenters. The second kappa shape index (κ2) is 3.21. The third-order valence-corrected chi connectivity index (χ3v) is 1.88. The predicted molar refractivity (Wildman–Crippen MR) is 39.1 cm³/mol. The van der Waals surface area contributed by atoms with E-state index >= 15 is 0 Å². The fourth-order valence-corrected chi connectivity index (χ4v) is 0.609. The zero-order chi connectivity index (χ0) is 8.36.